The van der Waals surface area contributed by atoms with Crippen molar-refractivity contribution < 1.29 is 9.53 Å². The Balaban J connectivity index is 2.59. The third-order valence-electron chi connectivity index (χ3n) is 2.08. The molecular formula is C14H19NO2. The van der Waals surface area contributed by atoms with Gasteiger partial charge in [-0.15, -0.1) is 0 Å². The third-order valence-corrected chi connectivity index (χ3v) is 2.08. The lowest BCUT2D eigenvalue weighted by atomic mass is 10.2. The number of anilines is 1. The van der Waals surface area contributed by atoms with Gasteiger partial charge in [-0.3, -0.25) is 0 Å². The maximum atomic E-state index is 11.4. The molecule has 0 heterocycles. The van der Waals surface area contributed by atoms with E-state index in [1.54, 1.807) is 0 Å². The highest BCUT2D eigenvalue weighted by Crippen LogP contribution is 2.11. The van der Waals surface area contributed by atoms with Crippen molar-refractivity contribution in [1.29, 1.82) is 0 Å². The standard InChI is InChI=1S/C14H19NO2/c1-10(2)17-14(16)9-12(4)15-13-7-5-11(3)6-8-13/h5-10,15H,1-4H3/b12-9-. The van der Waals surface area contributed by atoms with Gasteiger partial charge in [-0.2, -0.15) is 0 Å². The number of allylic oxidation sites excluding steroid dienone is 1. The van der Waals surface area contributed by atoms with Gasteiger partial charge in [0.25, 0.3) is 0 Å². The van der Waals surface area contributed by atoms with Gasteiger partial charge >= 0.3 is 5.97 Å². The van der Waals surface area contributed by atoms with Crippen LogP contribution in [-0.2, 0) is 9.53 Å². The third kappa shape index (κ3) is 5.20. The van der Waals surface area contributed by atoms with Crippen molar-refractivity contribution in [2.45, 2.75) is 33.8 Å². The van der Waals surface area contributed by atoms with E-state index >= 15 is 0 Å². The molecule has 0 aromatic heterocycles. The van der Waals surface area contributed by atoms with Crippen LogP contribution in [0.5, 0.6) is 0 Å². The zero-order valence-corrected chi connectivity index (χ0v) is 10.8. The summed E-state index contributed by atoms with van der Waals surface area (Å²) in [6.07, 6.45) is 1.37. The number of aryl methyl sites for hydroxylation is 1. The summed E-state index contributed by atoms with van der Waals surface area (Å²) in [7, 11) is 0. The number of rotatable bonds is 4. The number of esters is 1. The van der Waals surface area contributed by atoms with Gasteiger partial charge in [-0.25, -0.2) is 4.79 Å². The number of hydrogen-bond donors (Lipinski definition) is 1. The molecule has 0 saturated heterocycles. The topological polar surface area (TPSA) is 38.3 Å². The lowest BCUT2D eigenvalue weighted by Gasteiger charge is -2.08. The summed E-state index contributed by atoms with van der Waals surface area (Å²) in [5, 5.41) is 3.13. The summed E-state index contributed by atoms with van der Waals surface area (Å²) in [6, 6.07) is 7.98. The lowest BCUT2D eigenvalue weighted by molar-refractivity contribution is -0.141. The average molecular weight is 233 g/mol. The molecule has 0 aliphatic heterocycles. The second-order valence-electron chi connectivity index (χ2n) is 4.30. The van der Waals surface area contributed by atoms with Gasteiger partial charge in [0, 0.05) is 17.5 Å². The smallest absolute Gasteiger partial charge is 0.332 e. The molecule has 0 fully saturated rings. The van der Waals surface area contributed by atoms with Crippen molar-refractivity contribution >= 4 is 11.7 Å². The zero-order valence-electron chi connectivity index (χ0n) is 10.8. The predicted octanol–water partition coefficient (Wildman–Crippen LogP) is 3.26. The summed E-state index contributed by atoms with van der Waals surface area (Å²) in [6.45, 7) is 7.52. The molecule has 0 aliphatic rings. The van der Waals surface area contributed by atoms with Crippen LogP contribution in [0.15, 0.2) is 36.0 Å². The summed E-state index contributed by atoms with van der Waals surface area (Å²) in [4.78, 5) is 11.4. The van der Waals surface area contributed by atoms with E-state index in [-0.39, 0.29) is 12.1 Å². The highest BCUT2D eigenvalue weighted by molar-refractivity contribution is 5.83. The molecule has 0 radical (unpaired) electrons. The van der Waals surface area contributed by atoms with Crippen LogP contribution in [0.2, 0.25) is 0 Å². The minimum atomic E-state index is -0.322. The van der Waals surface area contributed by atoms with Crippen molar-refractivity contribution in [2.24, 2.45) is 0 Å². The van der Waals surface area contributed by atoms with E-state index < -0.39 is 0 Å². The van der Waals surface area contributed by atoms with E-state index in [4.69, 9.17) is 4.74 Å². The molecule has 1 N–H and O–H groups in total. The average Bonchev–Trinajstić information content (AvgIpc) is 2.19. The normalized spacial score (nSPS) is 11.5. The first-order valence-corrected chi connectivity index (χ1v) is 5.70. The Bertz CT molecular complexity index is 405. The van der Waals surface area contributed by atoms with Gasteiger partial charge in [0.05, 0.1) is 6.10 Å². The van der Waals surface area contributed by atoms with Gasteiger partial charge in [0.1, 0.15) is 0 Å². The fourth-order valence-corrected chi connectivity index (χ4v) is 1.34. The number of carbonyl (C=O) groups is 1. The summed E-state index contributed by atoms with van der Waals surface area (Å²) in [5.74, 6) is -0.322. The van der Waals surface area contributed by atoms with E-state index in [1.807, 2.05) is 52.0 Å². The molecule has 92 valence electrons. The van der Waals surface area contributed by atoms with E-state index in [0.717, 1.165) is 11.4 Å². The van der Waals surface area contributed by atoms with Crippen LogP contribution in [0.3, 0.4) is 0 Å². The molecule has 1 aromatic carbocycles. The van der Waals surface area contributed by atoms with Crippen LogP contribution in [0.1, 0.15) is 26.3 Å². The number of benzene rings is 1. The summed E-state index contributed by atoms with van der Waals surface area (Å²) < 4.78 is 5.02. The van der Waals surface area contributed by atoms with Gasteiger partial charge in [-0.1, -0.05) is 17.7 Å². The van der Waals surface area contributed by atoms with E-state index in [0.29, 0.717) is 0 Å². The second kappa shape index (κ2) is 6.09. The Hall–Kier alpha value is -1.77. The number of nitrogens with one attached hydrogen (secondary N) is 1. The molecule has 0 amide bonds. The molecule has 0 spiro atoms. The van der Waals surface area contributed by atoms with Crippen LogP contribution < -0.4 is 5.32 Å². The van der Waals surface area contributed by atoms with E-state index in [9.17, 15) is 4.79 Å². The second-order valence-corrected chi connectivity index (χ2v) is 4.30. The van der Waals surface area contributed by atoms with Crippen LogP contribution in [0, 0.1) is 6.92 Å². The molecule has 1 aromatic rings. The monoisotopic (exact) mass is 233 g/mol. The SMILES string of the molecule is C/C(=C/C(=O)OC(C)C)Nc1ccc(C)cc1. The highest BCUT2D eigenvalue weighted by atomic mass is 16.5. The molecule has 0 atom stereocenters. The Morgan fingerprint density at radius 1 is 1.29 bits per heavy atom. The highest BCUT2D eigenvalue weighted by Gasteiger charge is 2.02. The Labute approximate surface area is 102 Å². The number of ether oxygens (including phenoxy) is 1. The number of hydrogen-bond acceptors (Lipinski definition) is 3. The molecular weight excluding hydrogens is 214 g/mol. The molecule has 0 bridgehead atoms. The maximum absolute atomic E-state index is 11.4. The fourth-order valence-electron chi connectivity index (χ4n) is 1.34. The van der Waals surface area contributed by atoms with Crippen molar-refractivity contribution in [3.8, 4) is 0 Å². The van der Waals surface area contributed by atoms with Crippen molar-refractivity contribution in [1.82, 2.24) is 0 Å². The number of carbonyl (C=O) groups excluding carboxylic acids is 1. The van der Waals surface area contributed by atoms with Crippen LogP contribution >= 0.6 is 0 Å². The first-order chi connectivity index (χ1) is 7.97. The first-order valence-electron chi connectivity index (χ1n) is 5.70. The molecule has 0 unspecified atom stereocenters. The van der Waals surface area contributed by atoms with Crippen LogP contribution in [0.4, 0.5) is 5.69 Å². The minimum absolute atomic E-state index is 0.0917. The van der Waals surface area contributed by atoms with Crippen molar-refractivity contribution in [3.05, 3.63) is 41.6 Å². The zero-order chi connectivity index (χ0) is 12.8. The molecule has 3 nitrogen and oxygen atoms in total. The molecule has 0 saturated carbocycles. The van der Waals surface area contributed by atoms with Gasteiger partial charge in [0.2, 0.25) is 0 Å². The summed E-state index contributed by atoms with van der Waals surface area (Å²) >= 11 is 0. The first kappa shape index (κ1) is 13.3. The molecule has 0 aliphatic carbocycles. The lowest BCUT2D eigenvalue weighted by Crippen LogP contribution is -2.10. The van der Waals surface area contributed by atoms with Crippen LogP contribution in [0.25, 0.3) is 0 Å². The molecule has 1 rings (SSSR count). The fraction of sp³-hybridized carbons (Fsp3) is 0.357. The Morgan fingerprint density at radius 3 is 2.41 bits per heavy atom. The van der Waals surface area contributed by atoms with Crippen LogP contribution in [-0.4, -0.2) is 12.1 Å². The molecule has 17 heavy (non-hydrogen) atoms. The summed E-state index contributed by atoms with van der Waals surface area (Å²) in [5.41, 5.74) is 2.93. The Kier molecular flexibility index (Phi) is 4.76. The molecule has 3 heteroatoms. The Morgan fingerprint density at radius 2 is 1.88 bits per heavy atom. The van der Waals surface area contributed by atoms with E-state index in [2.05, 4.69) is 5.32 Å². The van der Waals surface area contributed by atoms with Gasteiger partial charge in [-0.05, 0) is 39.8 Å². The van der Waals surface area contributed by atoms with Crippen molar-refractivity contribution in [3.63, 3.8) is 0 Å². The van der Waals surface area contributed by atoms with Crippen molar-refractivity contribution in [2.75, 3.05) is 5.32 Å². The quantitative estimate of drug-likeness (QED) is 0.640. The largest absolute Gasteiger partial charge is 0.460 e. The van der Waals surface area contributed by atoms with Gasteiger partial charge in [0.15, 0.2) is 0 Å². The van der Waals surface area contributed by atoms with Gasteiger partial charge < -0.3 is 10.1 Å². The van der Waals surface area contributed by atoms with E-state index in [1.165, 1.54) is 11.6 Å². The maximum Gasteiger partial charge on any atom is 0.332 e. The minimum Gasteiger partial charge on any atom is -0.460 e. The predicted molar refractivity (Wildman–Crippen MR) is 69.8 cm³/mol.